The first-order valence-electron chi connectivity index (χ1n) is 7.82. The summed E-state index contributed by atoms with van der Waals surface area (Å²) in [7, 11) is 1.67. The molecule has 120 valence electrons. The van der Waals surface area contributed by atoms with E-state index in [1.165, 1.54) is 0 Å². The smallest absolute Gasteiger partial charge is 0.315 e. The van der Waals surface area contributed by atoms with Crippen LogP contribution in [0.1, 0.15) is 57.8 Å². The summed E-state index contributed by atoms with van der Waals surface area (Å²) in [6.07, 6.45) is 7.57. The van der Waals surface area contributed by atoms with Crippen LogP contribution < -0.4 is 10.6 Å². The molecule has 0 unspecified atom stereocenters. The maximum atomic E-state index is 12.1. The molecule has 0 bridgehead atoms. The quantitative estimate of drug-likeness (QED) is 0.700. The Hall–Kier alpha value is -1.30. The molecule has 0 aromatic carbocycles. The van der Waals surface area contributed by atoms with Crippen molar-refractivity contribution in [3.05, 3.63) is 0 Å². The van der Waals surface area contributed by atoms with Gasteiger partial charge < -0.3 is 20.5 Å². The summed E-state index contributed by atoms with van der Waals surface area (Å²) < 4.78 is 5.47. The summed E-state index contributed by atoms with van der Waals surface area (Å²) >= 11 is 0. The molecule has 0 radical (unpaired) electrons. The average molecular weight is 298 g/mol. The molecule has 0 aliphatic heterocycles. The van der Waals surface area contributed by atoms with Gasteiger partial charge in [-0.2, -0.15) is 0 Å². The molecular weight excluding hydrogens is 272 g/mol. The number of hydrogen-bond donors (Lipinski definition) is 3. The van der Waals surface area contributed by atoms with Gasteiger partial charge in [0.2, 0.25) is 0 Å². The summed E-state index contributed by atoms with van der Waals surface area (Å²) in [5, 5.41) is 14.9. The number of ether oxygens (including phenoxy) is 1. The van der Waals surface area contributed by atoms with Gasteiger partial charge in [0.25, 0.3) is 0 Å². The molecule has 0 spiro atoms. The summed E-state index contributed by atoms with van der Waals surface area (Å²) in [4.78, 5) is 23.2. The highest BCUT2D eigenvalue weighted by atomic mass is 16.5. The largest absolute Gasteiger partial charge is 0.481 e. The second-order valence-electron chi connectivity index (χ2n) is 6.46. The first-order valence-corrected chi connectivity index (χ1v) is 7.82. The van der Waals surface area contributed by atoms with E-state index in [1.807, 2.05) is 0 Å². The van der Waals surface area contributed by atoms with Gasteiger partial charge in [-0.3, -0.25) is 4.79 Å². The number of carboxylic acid groups (broad SMARTS) is 1. The first-order chi connectivity index (χ1) is 9.99. The minimum atomic E-state index is -0.857. The molecule has 2 rings (SSSR count). The Labute approximate surface area is 125 Å². The molecule has 0 atom stereocenters. The topological polar surface area (TPSA) is 87.7 Å². The minimum absolute atomic E-state index is 0.00413. The second kappa shape index (κ2) is 6.64. The fourth-order valence-electron chi connectivity index (χ4n) is 3.41. The van der Waals surface area contributed by atoms with Crippen LogP contribution in [0.25, 0.3) is 0 Å². The van der Waals surface area contributed by atoms with Crippen LogP contribution in [0.5, 0.6) is 0 Å². The predicted molar refractivity (Wildman–Crippen MR) is 78.2 cm³/mol. The molecule has 0 aromatic heterocycles. The molecule has 2 aliphatic carbocycles. The van der Waals surface area contributed by atoms with E-state index < -0.39 is 11.5 Å². The number of rotatable bonds is 6. The molecule has 2 amide bonds. The molecule has 6 heteroatoms. The van der Waals surface area contributed by atoms with Crippen molar-refractivity contribution in [3.63, 3.8) is 0 Å². The van der Waals surface area contributed by atoms with Gasteiger partial charge in [-0.05, 0) is 32.1 Å². The highest BCUT2D eigenvalue weighted by molar-refractivity contribution is 5.76. The van der Waals surface area contributed by atoms with Crippen LogP contribution >= 0.6 is 0 Å². The number of nitrogens with one attached hydrogen (secondary N) is 2. The van der Waals surface area contributed by atoms with Gasteiger partial charge >= 0.3 is 12.0 Å². The lowest BCUT2D eigenvalue weighted by Gasteiger charge is -2.41. The Morgan fingerprint density at radius 1 is 1.10 bits per heavy atom. The van der Waals surface area contributed by atoms with Gasteiger partial charge in [0.1, 0.15) is 0 Å². The number of amides is 2. The highest BCUT2D eigenvalue weighted by Gasteiger charge is 2.39. The fourth-order valence-corrected chi connectivity index (χ4v) is 3.41. The lowest BCUT2D eigenvalue weighted by molar-refractivity contribution is -0.139. The lowest BCUT2D eigenvalue weighted by Crippen LogP contribution is -2.57. The monoisotopic (exact) mass is 298 g/mol. The van der Waals surface area contributed by atoms with Crippen LogP contribution in [0.4, 0.5) is 4.79 Å². The van der Waals surface area contributed by atoms with E-state index in [1.54, 1.807) is 7.11 Å². The third-order valence-electron chi connectivity index (χ3n) is 4.95. The Bertz CT molecular complexity index is 382. The second-order valence-corrected chi connectivity index (χ2v) is 6.46. The Morgan fingerprint density at radius 3 is 2.24 bits per heavy atom. The zero-order valence-corrected chi connectivity index (χ0v) is 12.7. The Kier molecular flexibility index (Phi) is 5.08. The van der Waals surface area contributed by atoms with E-state index in [9.17, 15) is 9.59 Å². The highest BCUT2D eigenvalue weighted by Crippen LogP contribution is 2.34. The number of urea groups is 1. The zero-order valence-electron chi connectivity index (χ0n) is 12.7. The molecule has 6 nitrogen and oxygen atoms in total. The van der Waals surface area contributed by atoms with Crippen molar-refractivity contribution in [1.82, 2.24) is 10.6 Å². The minimum Gasteiger partial charge on any atom is -0.481 e. The molecule has 21 heavy (non-hydrogen) atoms. The third-order valence-corrected chi connectivity index (χ3v) is 4.95. The number of carboxylic acids is 1. The Morgan fingerprint density at radius 2 is 1.76 bits per heavy atom. The van der Waals surface area contributed by atoms with Crippen molar-refractivity contribution in [2.24, 2.45) is 0 Å². The molecule has 2 aliphatic rings. The molecule has 0 heterocycles. The van der Waals surface area contributed by atoms with Crippen molar-refractivity contribution >= 4 is 12.0 Å². The number of aliphatic carboxylic acids is 1. The van der Waals surface area contributed by atoms with Gasteiger partial charge in [0.05, 0.1) is 17.6 Å². The van der Waals surface area contributed by atoms with Crippen LogP contribution in [0.3, 0.4) is 0 Å². The summed E-state index contributed by atoms with van der Waals surface area (Å²) in [6, 6.07) is -0.276. The van der Waals surface area contributed by atoms with Gasteiger partial charge in [-0.1, -0.05) is 19.3 Å². The number of methoxy groups -OCH3 is 1. The number of hydrogen-bond acceptors (Lipinski definition) is 3. The van der Waals surface area contributed by atoms with E-state index in [4.69, 9.17) is 9.84 Å². The van der Waals surface area contributed by atoms with Crippen LogP contribution in [-0.4, -0.2) is 41.9 Å². The van der Waals surface area contributed by atoms with Gasteiger partial charge in [-0.25, -0.2) is 4.79 Å². The van der Waals surface area contributed by atoms with Crippen molar-refractivity contribution in [1.29, 1.82) is 0 Å². The van der Waals surface area contributed by atoms with E-state index >= 15 is 0 Å². The van der Waals surface area contributed by atoms with Gasteiger partial charge in [-0.15, -0.1) is 0 Å². The summed E-state index contributed by atoms with van der Waals surface area (Å²) in [6.45, 7) is 0.485. The predicted octanol–water partition coefficient (Wildman–Crippen LogP) is 2.03. The lowest BCUT2D eigenvalue weighted by atomic mass is 9.79. The van der Waals surface area contributed by atoms with E-state index in [2.05, 4.69) is 10.6 Å². The van der Waals surface area contributed by atoms with E-state index in [0.717, 1.165) is 51.4 Å². The average Bonchev–Trinajstić information content (AvgIpc) is 2.37. The number of carbonyl (C=O) groups is 2. The zero-order chi connectivity index (χ0) is 15.3. The van der Waals surface area contributed by atoms with Crippen LogP contribution in [0.2, 0.25) is 0 Å². The molecular formula is C15H26N2O4. The normalized spacial score (nSPS) is 22.9. The van der Waals surface area contributed by atoms with Crippen LogP contribution in [0, 0.1) is 0 Å². The summed E-state index contributed by atoms with van der Waals surface area (Å²) in [5.74, 6) is -0.857. The van der Waals surface area contributed by atoms with Crippen molar-refractivity contribution in [3.8, 4) is 0 Å². The van der Waals surface area contributed by atoms with Crippen molar-refractivity contribution in [2.45, 2.75) is 68.9 Å². The maximum Gasteiger partial charge on any atom is 0.315 e. The maximum absolute atomic E-state index is 12.1. The molecule has 0 aromatic rings. The molecule has 2 saturated carbocycles. The van der Waals surface area contributed by atoms with E-state index in [-0.39, 0.29) is 18.1 Å². The van der Waals surface area contributed by atoms with E-state index in [0.29, 0.717) is 6.54 Å². The Balaban J connectivity index is 1.87. The fraction of sp³-hybridized carbons (Fsp3) is 0.867. The standard InChI is InChI=1S/C15H26N2O4/c1-21-15(8-5-9-15)11-16-13(20)17-14(10-12(18)19)6-3-2-4-7-14/h2-11H2,1H3,(H,18,19)(H2,16,17,20). The molecule has 2 fully saturated rings. The molecule has 0 saturated heterocycles. The first kappa shape index (κ1) is 16.1. The SMILES string of the molecule is COC1(CNC(=O)NC2(CC(=O)O)CCCCC2)CCC1. The van der Waals surface area contributed by atoms with Gasteiger partial charge in [0.15, 0.2) is 0 Å². The van der Waals surface area contributed by atoms with Crippen molar-refractivity contribution in [2.75, 3.05) is 13.7 Å². The van der Waals surface area contributed by atoms with Crippen LogP contribution in [-0.2, 0) is 9.53 Å². The van der Waals surface area contributed by atoms with Gasteiger partial charge in [0, 0.05) is 13.7 Å². The molecule has 3 N–H and O–H groups in total. The third kappa shape index (κ3) is 4.09. The van der Waals surface area contributed by atoms with Crippen LogP contribution in [0.15, 0.2) is 0 Å². The number of carbonyl (C=O) groups excluding carboxylic acids is 1. The summed E-state index contributed by atoms with van der Waals surface area (Å²) in [5.41, 5.74) is -0.808. The van der Waals surface area contributed by atoms with Crippen molar-refractivity contribution < 1.29 is 19.4 Å².